The summed E-state index contributed by atoms with van der Waals surface area (Å²) < 4.78 is 0. The molecule has 1 heteroatoms. The molecule has 0 aromatic heterocycles. The van der Waals surface area contributed by atoms with Crippen molar-refractivity contribution in [2.75, 3.05) is 0 Å². The Morgan fingerprint density at radius 2 is 1.04 bits per heavy atom. The third-order valence-corrected chi connectivity index (χ3v) is 6.12. The number of ketones is 1. The maximum Gasteiger partial charge on any atom is 0.144 e. The zero-order valence-electron chi connectivity index (χ0n) is 16.3. The number of rotatable bonds is 6. The first-order valence-corrected chi connectivity index (χ1v) is 10.5. The molecule has 0 heterocycles. The molecule has 1 saturated carbocycles. The van der Waals surface area contributed by atoms with Crippen molar-refractivity contribution in [3.8, 4) is 0 Å². The van der Waals surface area contributed by atoms with Crippen LogP contribution in [0.1, 0.15) is 60.6 Å². The van der Waals surface area contributed by atoms with Gasteiger partial charge in [-0.05, 0) is 29.5 Å². The highest BCUT2D eigenvalue weighted by atomic mass is 16.1. The lowest BCUT2D eigenvalue weighted by molar-refractivity contribution is -0.125. The van der Waals surface area contributed by atoms with Gasteiger partial charge in [0.1, 0.15) is 5.78 Å². The van der Waals surface area contributed by atoms with E-state index in [-0.39, 0.29) is 17.8 Å². The highest BCUT2D eigenvalue weighted by Gasteiger charge is 2.36. The van der Waals surface area contributed by atoms with Crippen molar-refractivity contribution in [3.63, 3.8) is 0 Å². The standard InChI is InChI=1S/C27H28O/c28-27(24-19-11-4-12-20-24)26(23-17-9-3-10-18-23)25(21-13-5-1-6-14-21)22-15-7-2-8-16-22/h1-3,5-10,13-18,24-26H,4,11-12,19-20H2. The van der Waals surface area contributed by atoms with Gasteiger partial charge in [-0.25, -0.2) is 0 Å². The van der Waals surface area contributed by atoms with Crippen molar-refractivity contribution in [2.24, 2.45) is 5.92 Å². The molecule has 3 aromatic carbocycles. The topological polar surface area (TPSA) is 17.1 Å². The van der Waals surface area contributed by atoms with Gasteiger partial charge < -0.3 is 0 Å². The SMILES string of the molecule is O=C(C1CCCCC1)C(c1ccccc1)C(c1ccccc1)c1ccccc1. The zero-order chi connectivity index (χ0) is 19.2. The minimum atomic E-state index is -0.144. The summed E-state index contributed by atoms with van der Waals surface area (Å²) in [7, 11) is 0. The van der Waals surface area contributed by atoms with E-state index in [9.17, 15) is 4.79 Å². The Morgan fingerprint density at radius 3 is 1.50 bits per heavy atom. The Bertz CT molecular complexity index is 824. The maximum absolute atomic E-state index is 13.9. The molecular weight excluding hydrogens is 340 g/mol. The molecule has 0 N–H and O–H groups in total. The molecule has 4 rings (SSSR count). The van der Waals surface area contributed by atoms with E-state index < -0.39 is 0 Å². The maximum atomic E-state index is 13.9. The second kappa shape index (κ2) is 9.01. The van der Waals surface area contributed by atoms with Crippen LogP contribution in [0.25, 0.3) is 0 Å². The molecule has 0 radical (unpaired) electrons. The lowest BCUT2D eigenvalue weighted by Gasteiger charge is -2.32. The third kappa shape index (κ3) is 4.09. The lowest BCUT2D eigenvalue weighted by atomic mass is 9.70. The van der Waals surface area contributed by atoms with Gasteiger partial charge in [0.25, 0.3) is 0 Å². The number of benzene rings is 3. The largest absolute Gasteiger partial charge is 0.299 e. The van der Waals surface area contributed by atoms with Gasteiger partial charge in [-0.2, -0.15) is 0 Å². The van der Waals surface area contributed by atoms with E-state index in [0.29, 0.717) is 5.78 Å². The summed E-state index contributed by atoms with van der Waals surface area (Å²) >= 11 is 0. The fraction of sp³-hybridized carbons (Fsp3) is 0.296. The highest BCUT2D eigenvalue weighted by molar-refractivity contribution is 5.89. The van der Waals surface area contributed by atoms with Crippen LogP contribution in [0.4, 0.5) is 0 Å². The van der Waals surface area contributed by atoms with Crippen molar-refractivity contribution in [2.45, 2.75) is 43.9 Å². The molecule has 0 spiro atoms. The number of carbonyl (C=O) groups is 1. The van der Waals surface area contributed by atoms with Crippen molar-refractivity contribution in [1.29, 1.82) is 0 Å². The minimum Gasteiger partial charge on any atom is -0.299 e. The zero-order valence-corrected chi connectivity index (χ0v) is 16.3. The van der Waals surface area contributed by atoms with Gasteiger partial charge in [-0.15, -0.1) is 0 Å². The van der Waals surface area contributed by atoms with Crippen LogP contribution in [0.5, 0.6) is 0 Å². The quantitative estimate of drug-likeness (QED) is 0.470. The fourth-order valence-electron chi connectivity index (χ4n) is 4.72. The molecule has 1 aliphatic rings. The summed E-state index contributed by atoms with van der Waals surface area (Å²) in [5.74, 6) is 0.505. The van der Waals surface area contributed by atoms with Crippen molar-refractivity contribution < 1.29 is 4.79 Å². The van der Waals surface area contributed by atoms with E-state index in [4.69, 9.17) is 0 Å². The summed E-state index contributed by atoms with van der Waals surface area (Å²) in [5, 5.41) is 0. The summed E-state index contributed by atoms with van der Waals surface area (Å²) in [4.78, 5) is 13.9. The van der Waals surface area contributed by atoms with Crippen molar-refractivity contribution in [3.05, 3.63) is 108 Å². The molecule has 1 aliphatic carbocycles. The number of hydrogen-bond acceptors (Lipinski definition) is 1. The van der Waals surface area contributed by atoms with Gasteiger partial charge in [-0.1, -0.05) is 110 Å². The molecule has 0 amide bonds. The number of hydrogen-bond donors (Lipinski definition) is 0. The van der Waals surface area contributed by atoms with E-state index in [2.05, 4.69) is 72.8 Å². The normalized spacial score (nSPS) is 16.0. The Labute approximate surface area is 168 Å². The predicted octanol–water partition coefficient (Wildman–Crippen LogP) is 6.75. The van der Waals surface area contributed by atoms with Crippen molar-refractivity contribution in [1.82, 2.24) is 0 Å². The van der Waals surface area contributed by atoms with E-state index in [1.54, 1.807) is 0 Å². The molecule has 0 saturated heterocycles. The molecule has 0 aliphatic heterocycles. The van der Waals surface area contributed by atoms with Gasteiger partial charge in [0.15, 0.2) is 0 Å². The van der Waals surface area contributed by atoms with E-state index in [1.807, 2.05) is 18.2 Å². The van der Waals surface area contributed by atoms with Crippen LogP contribution in [0.3, 0.4) is 0 Å². The van der Waals surface area contributed by atoms with Gasteiger partial charge in [0.05, 0.1) is 5.92 Å². The lowest BCUT2D eigenvalue weighted by Crippen LogP contribution is -2.29. The van der Waals surface area contributed by atoms with Gasteiger partial charge >= 0.3 is 0 Å². The molecule has 3 aromatic rings. The van der Waals surface area contributed by atoms with E-state index in [1.165, 1.54) is 30.4 Å². The first kappa shape index (κ1) is 18.7. The summed E-state index contributed by atoms with van der Waals surface area (Å²) in [5.41, 5.74) is 3.56. The summed E-state index contributed by atoms with van der Waals surface area (Å²) in [6.07, 6.45) is 5.70. The fourth-order valence-corrected chi connectivity index (χ4v) is 4.72. The number of carbonyl (C=O) groups excluding carboxylic acids is 1. The van der Waals surface area contributed by atoms with Crippen LogP contribution < -0.4 is 0 Å². The summed E-state index contributed by atoms with van der Waals surface area (Å²) in [6, 6.07) is 31.5. The molecule has 1 fully saturated rings. The Hall–Kier alpha value is -2.67. The summed E-state index contributed by atoms with van der Waals surface area (Å²) in [6.45, 7) is 0. The molecule has 1 unspecified atom stereocenters. The van der Waals surface area contributed by atoms with Crippen LogP contribution >= 0.6 is 0 Å². The van der Waals surface area contributed by atoms with Gasteiger partial charge in [0.2, 0.25) is 0 Å². The van der Waals surface area contributed by atoms with Crippen LogP contribution in [-0.4, -0.2) is 5.78 Å². The first-order chi connectivity index (χ1) is 13.8. The Morgan fingerprint density at radius 1 is 0.607 bits per heavy atom. The second-order valence-electron chi connectivity index (χ2n) is 7.92. The number of Topliss-reactive ketones (excluding diaryl/α,β-unsaturated/α-hetero) is 1. The van der Waals surface area contributed by atoms with Crippen LogP contribution in [0.15, 0.2) is 91.0 Å². The molecule has 0 bridgehead atoms. The van der Waals surface area contributed by atoms with Crippen LogP contribution in [0, 0.1) is 5.92 Å². The predicted molar refractivity (Wildman–Crippen MR) is 115 cm³/mol. The average Bonchev–Trinajstić information content (AvgIpc) is 2.79. The smallest absolute Gasteiger partial charge is 0.144 e. The first-order valence-electron chi connectivity index (χ1n) is 10.5. The molecule has 142 valence electrons. The molecule has 1 atom stereocenters. The average molecular weight is 369 g/mol. The monoisotopic (exact) mass is 368 g/mol. The van der Waals surface area contributed by atoms with E-state index >= 15 is 0 Å². The van der Waals surface area contributed by atoms with E-state index in [0.717, 1.165) is 18.4 Å². The van der Waals surface area contributed by atoms with Crippen molar-refractivity contribution >= 4 is 5.78 Å². The Balaban J connectivity index is 1.82. The molecule has 28 heavy (non-hydrogen) atoms. The second-order valence-corrected chi connectivity index (χ2v) is 7.92. The van der Waals surface area contributed by atoms with Crippen LogP contribution in [0.2, 0.25) is 0 Å². The highest BCUT2D eigenvalue weighted by Crippen LogP contribution is 2.42. The Kier molecular flexibility index (Phi) is 6.01. The van der Waals surface area contributed by atoms with Crippen LogP contribution in [-0.2, 0) is 4.79 Å². The van der Waals surface area contributed by atoms with Gasteiger partial charge in [-0.3, -0.25) is 4.79 Å². The molecule has 1 nitrogen and oxygen atoms in total. The molecular formula is C27H28O. The third-order valence-electron chi connectivity index (χ3n) is 6.12. The van der Waals surface area contributed by atoms with Gasteiger partial charge in [0, 0.05) is 11.8 Å². The minimum absolute atomic E-state index is 0.0410.